The van der Waals surface area contributed by atoms with E-state index in [0.717, 1.165) is 32.7 Å². The van der Waals surface area contributed by atoms with Gasteiger partial charge in [-0.15, -0.1) is 0 Å². The minimum atomic E-state index is -0.957. The summed E-state index contributed by atoms with van der Waals surface area (Å²) in [6, 6.07) is 29.0. The van der Waals surface area contributed by atoms with Gasteiger partial charge in [0.2, 0.25) is 5.91 Å². The molecule has 0 fully saturated rings. The van der Waals surface area contributed by atoms with Crippen LogP contribution in [0.4, 0.5) is 5.69 Å². The molecule has 5 rings (SSSR count). The van der Waals surface area contributed by atoms with Crippen molar-refractivity contribution >= 4 is 51.0 Å². The van der Waals surface area contributed by atoms with Crippen molar-refractivity contribution in [3.8, 4) is 22.6 Å². The van der Waals surface area contributed by atoms with Gasteiger partial charge in [-0.1, -0.05) is 92.0 Å². The average molecular weight is 701 g/mol. The Balaban J connectivity index is 1.41. The third-order valence-electron chi connectivity index (χ3n) is 8.10. The highest BCUT2D eigenvalue weighted by molar-refractivity contribution is 6.10. The van der Waals surface area contributed by atoms with Crippen molar-refractivity contribution in [2.24, 2.45) is 11.5 Å². The van der Waals surface area contributed by atoms with Crippen LogP contribution in [0.5, 0.6) is 11.5 Å². The monoisotopic (exact) mass is 700 g/mol. The van der Waals surface area contributed by atoms with Crippen LogP contribution < -0.4 is 36.6 Å². The SMILES string of the molecule is C=CCOC(=O)c1cccc(NC(=O)[C@@H](CCC[NH+]=C(N)N)NC(=O)COc2ccc3ccccc3c2-c2c(OCC=C)ccc3ccccc23)c1. The number of guanidine groups is 1. The van der Waals surface area contributed by atoms with E-state index in [1.54, 1.807) is 24.3 Å². The predicted molar refractivity (Wildman–Crippen MR) is 204 cm³/mol. The van der Waals surface area contributed by atoms with Crippen LogP contribution in [-0.4, -0.2) is 56.2 Å². The van der Waals surface area contributed by atoms with Gasteiger partial charge in [-0.2, -0.15) is 0 Å². The Hall–Kier alpha value is -6.62. The Morgan fingerprint density at radius 2 is 1.40 bits per heavy atom. The summed E-state index contributed by atoms with van der Waals surface area (Å²) < 4.78 is 17.5. The van der Waals surface area contributed by atoms with Crippen LogP contribution in [0.3, 0.4) is 0 Å². The zero-order valence-electron chi connectivity index (χ0n) is 28.7. The summed E-state index contributed by atoms with van der Waals surface area (Å²) in [5, 5.41) is 9.47. The summed E-state index contributed by atoms with van der Waals surface area (Å²) in [6.45, 7) is 7.70. The topological polar surface area (TPSA) is 169 Å². The number of carbonyl (C=O) groups is 3. The van der Waals surface area contributed by atoms with E-state index in [9.17, 15) is 14.4 Å². The van der Waals surface area contributed by atoms with Crippen molar-refractivity contribution in [2.45, 2.75) is 18.9 Å². The van der Waals surface area contributed by atoms with E-state index in [4.69, 9.17) is 25.7 Å². The Labute approximate surface area is 302 Å². The van der Waals surface area contributed by atoms with Crippen molar-refractivity contribution in [1.29, 1.82) is 0 Å². The largest absolute Gasteiger partial charge is 0.489 e. The first-order chi connectivity index (χ1) is 25.3. The Kier molecular flexibility index (Phi) is 12.6. The van der Waals surface area contributed by atoms with Gasteiger partial charge in [-0.25, -0.2) is 4.79 Å². The zero-order valence-corrected chi connectivity index (χ0v) is 28.7. The number of hydrogen-bond donors (Lipinski definition) is 5. The van der Waals surface area contributed by atoms with Crippen LogP contribution in [-0.2, 0) is 14.3 Å². The number of benzene rings is 5. The molecule has 0 spiro atoms. The molecule has 0 heterocycles. The van der Waals surface area contributed by atoms with E-state index in [1.165, 1.54) is 12.1 Å². The molecule has 52 heavy (non-hydrogen) atoms. The fourth-order valence-electron chi connectivity index (χ4n) is 5.77. The van der Waals surface area contributed by atoms with Gasteiger partial charge >= 0.3 is 11.9 Å². The van der Waals surface area contributed by atoms with Gasteiger partial charge < -0.3 is 24.8 Å². The van der Waals surface area contributed by atoms with E-state index in [2.05, 4.69) is 28.8 Å². The van der Waals surface area contributed by atoms with Crippen LogP contribution in [0.25, 0.3) is 32.7 Å². The van der Waals surface area contributed by atoms with Crippen LogP contribution >= 0.6 is 0 Å². The molecule has 0 saturated carbocycles. The zero-order chi connectivity index (χ0) is 36.9. The first-order valence-corrected chi connectivity index (χ1v) is 16.8. The maximum absolute atomic E-state index is 13.5. The number of esters is 1. The number of carbonyl (C=O) groups excluding carboxylic acids is 3. The Bertz CT molecular complexity index is 2120. The van der Waals surface area contributed by atoms with E-state index in [1.807, 2.05) is 72.8 Å². The molecule has 0 aliphatic heterocycles. The molecule has 0 radical (unpaired) electrons. The van der Waals surface area contributed by atoms with Crippen molar-refractivity contribution in [1.82, 2.24) is 5.32 Å². The van der Waals surface area contributed by atoms with Gasteiger partial charge in [0, 0.05) is 16.8 Å². The highest BCUT2D eigenvalue weighted by Gasteiger charge is 2.23. The molecule has 0 bridgehead atoms. The Morgan fingerprint density at radius 3 is 2.04 bits per heavy atom. The number of nitrogens with two attached hydrogens (primary N) is 2. The number of rotatable bonds is 17. The molecule has 5 aromatic carbocycles. The third-order valence-corrected chi connectivity index (χ3v) is 8.10. The molecule has 0 aliphatic carbocycles. The van der Waals surface area contributed by atoms with Gasteiger partial charge in [0.25, 0.3) is 5.91 Å². The van der Waals surface area contributed by atoms with Crippen molar-refractivity contribution in [2.75, 3.05) is 31.7 Å². The Morgan fingerprint density at radius 1 is 0.769 bits per heavy atom. The van der Waals surface area contributed by atoms with Crippen LogP contribution in [0.2, 0.25) is 0 Å². The number of anilines is 1. The van der Waals surface area contributed by atoms with Crippen molar-refractivity contribution in [3.63, 3.8) is 0 Å². The molecule has 5 aromatic rings. The lowest BCUT2D eigenvalue weighted by atomic mass is 9.92. The van der Waals surface area contributed by atoms with Crippen LogP contribution in [0.1, 0.15) is 23.2 Å². The molecule has 0 aromatic heterocycles. The molecular formula is C41H42N5O6+. The van der Waals surface area contributed by atoms with Gasteiger partial charge in [0.1, 0.15) is 30.8 Å². The number of fused-ring (bicyclic) bond motifs is 2. The molecule has 266 valence electrons. The summed E-state index contributed by atoms with van der Waals surface area (Å²) in [5.74, 6) is -0.401. The molecular weight excluding hydrogens is 658 g/mol. The second-order valence-corrected chi connectivity index (χ2v) is 11.8. The third kappa shape index (κ3) is 9.33. The number of hydrogen-bond acceptors (Lipinski definition) is 6. The molecule has 11 nitrogen and oxygen atoms in total. The normalized spacial score (nSPS) is 11.2. The molecule has 7 N–H and O–H groups in total. The predicted octanol–water partition coefficient (Wildman–Crippen LogP) is 4.20. The standard InChI is InChI=1S/C41H41N5O6/c1-3-23-50-34-20-18-27-11-5-7-15-31(27)37(34)38-32-16-8-6-12-28(32)19-21-35(38)52-26-36(47)46-33(17-10-22-44-41(42)43)39(48)45-30-14-9-13-29(25-30)40(49)51-24-4-2/h3-9,11-16,18-21,25,33H,1-2,10,17,22-24,26H2,(H,45,48)(H,46,47)(H4,42,43,44)/p+1/t33-/m1/s1. The lowest BCUT2D eigenvalue weighted by Crippen LogP contribution is -2.78. The van der Waals surface area contributed by atoms with E-state index < -0.39 is 23.8 Å². The summed E-state index contributed by atoms with van der Waals surface area (Å²) in [7, 11) is 0. The second kappa shape index (κ2) is 17.9. The number of amides is 2. The first kappa shape index (κ1) is 36.7. The number of nitrogens with one attached hydrogen (secondary N) is 3. The molecule has 2 amide bonds. The van der Waals surface area contributed by atoms with Crippen molar-refractivity contribution < 1.29 is 33.6 Å². The molecule has 11 heteroatoms. The van der Waals surface area contributed by atoms with E-state index in [0.29, 0.717) is 36.8 Å². The van der Waals surface area contributed by atoms with E-state index in [-0.39, 0.29) is 31.2 Å². The maximum atomic E-state index is 13.5. The average Bonchev–Trinajstić information content (AvgIpc) is 3.16. The second-order valence-electron chi connectivity index (χ2n) is 11.8. The maximum Gasteiger partial charge on any atom is 0.338 e. The quantitative estimate of drug-likeness (QED) is 0.0316. The fraction of sp³-hybridized carbons (Fsp3) is 0.171. The van der Waals surface area contributed by atoms with Gasteiger partial charge in [-0.05, 0) is 64.7 Å². The summed E-state index contributed by atoms with van der Waals surface area (Å²) in [5.41, 5.74) is 13.3. The van der Waals surface area contributed by atoms with Gasteiger partial charge in [0.05, 0.1) is 12.1 Å². The molecule has 1 atom stereocenters. The molecule has 0 aliphatic rings. The number of ether oxygens (including phenoxy) is 3. The lowest BCUT2D eigenvalue weighted by Gasteiger charge is -2.21. The highest BCUT2D eigenvalue weighted by Crippen LogP contribution is 2.45. The smallest absolute Gasteiger partial charge is 0.338 e. The highest BCUT2D eigenvalue weighted by atomic mass is 16.5. The summed E-state index contributed by atoms with van der Waals surface area (Å²) in [6.07, 6.45) is 3.85. The fourth-order valence-corrected chi connectivity index (χ4v) is 5.77. The first-order valence-electron chi connectivity index (χ1n) is 16.8. The van der Waals surface area contributed by atoms with Gasteiger partial charge in [0.15, 0.2) is 6.61 Å². The van der Waals surface area contributed by atoms with Gasteiger partial charge in [-0.3, -0.25) is 26.0 Å². The summed E-state index contributed by atoms with van der Waals surface area (Å²) >= 11 is 0. The molecule has 0 saturated heterocycles. The lowest BCUT2D eigenvalue weighted by molar-refractivity contribution is -0.459. The molecule has 0 unspecified atom stereocenters. The van der Waals surface area contributed by atoms with Crippen LogP contribution in [0.15, 0.2) is 122 Å². The van der Waals surface area contributed by atoms with Crippen molar-refractivity contribution in [3.05, 3.63) is 128 Å². The summed E-state index contributed by atoms with van der Waals surface area (Å²) in [4.78, 5) is 42.2. The minimum Gasteiger partial charge on any atom is -0.489 e. The minimum absolute atomic E-state index is 0.0500. The van der Waals surface area contributed by atoms with Crippen LogP contribution in [0, 0.1) is 0 Å². The van der Waals surface area contributed by atoms with E-state index >= 15 is 0 Å².